The molecule has 0 aliphatic heterocycles. The van der Waals surface area contributed by atoms with E-state index in [0.717, 1.165) is 21.2 Å². The second kappa shape index (κ2) is 6.20. The molecule has 5 rings (SSSR count). The summed E-state index contributed by atoms with van der Waals surface area (Å²) in [5.74, 6) is 0.658. The van der Waals surface area contributed by atoms with Crippen molar-refractivity contribution in [2.75, 3.05) is 0 Å². The quantitative estimate of drug-likeness (QED) is 0.317. The van der Waals surface area contributed by atoms with Crippen LogP contribution in [0.5, 0.6) is 0 Å². The molecule has 0 fully saturated rings. The molecule has 0 saturated heterocycles. The van der Waals surface area contributed by atoms with Crippen molar-refractivity contribution < 1.29 is 0 Å². The number of hydrogen-bond donors (Lipinski definition) is 0. The molecule has 0 aliphatic rings. The molecule has 0 aliphatic carbocycles. The van der Waals surface area contributed by atoms with Crippen LogP contribution in [0.15, 0.2) is 78.9 Å². The number of rotatable bonds is 2. The van der Waals surface area contributed by atoms with Crippen LogP contribution in [0.3, 0.4) is 0 Å². The summed E-state index contributed by atoms with van der Waals surface area (Å²) < 4.78 is 2.12. The summed E-state index contributed by atoms with van der Waals surface area (Å²) >= 11 is 8.10. The molecule has 2 heterocycles. The van der Waals surface area contributed by atoms with E-state index in [2.05, 4.69) is 41.4 Å². The molecule has 3 aromatic carbocycles. The van der Waals surface area contributed by atoms with E-state index in [9.17, 15) is 0 Å². The third kappa shape index (κ3) is 2.57. The van der Waals surface area contributed by atoms with E-state index in [1.54, 1.807) is 11.3 Å². The number of benzene rings is 3. The molecular weight excluding hydrogens is 360 g/mol. The Bertz CT molecular complexity index is 1230. The van der Waals surface area contributed by atoms with Gasteiger partial charge in [-0.1, -0.05) is 84.4 Å². The molecule has 0 radical (unpaired) electrons. The Kier molecular flexibility index (Phi) is 3.70. The van der Waals surface area contributed by atoms with Gasteiger partial charge < -0.3 is 0 Å². The van der Waals surface area contributed by atoms with E-state index in [1.165, 1.54) is 15.8 Å². The number of thiophene rings is 1. The number of fused-ring (bicyclic) bond motifs is 3. The topological polar surface area (TPSA) is 25.8 Å². The van der Waals surface area contributed by atoms with Gasteiger partial charge in [0.05, 0.1) is 10.2 Å². The highest BCUT2D eigenvalue weighted by Gasteiger charge is 2.13. The molecule has 124 valence electrons. The number of nitrogens with zero attached hydrogens (tertiary/aromatic N) is 2. The predicted octanol–water partition coefficient (Wildman–Crippen LogP) is 6.83. The van der Waals surface area contributed by atoms with Crippen LogP contribution >= 0.6 is 22.9 Å². The van der Waals surface area contributed by atoms with Gasteiger partial charge in [-0.25, -0.2) is 9.97 Å². The molecule has 2 aromatic heterocycles. The highest BCUT2D eigenvalue weighted by molar-refractivity contribution is 7.26. The van der Waals surface area contributed by atoms with Crippen LogP contribution in [0.4, 0.5) is 0 Å². The zero-order valence-electron chi connectivity index (χ0n) is 13.7. The van der Waals surface area contributed by atoms with Crippen molar-refractivity contribution in [2.24, 2.45) is 0 Å². The first-order valence-electron chi connectivity index (χ1n) is 8.30. The Morgan fingerprint density at radius 3 is 2.12 bits per heavy atom. The first-order chi connectivity index (χ1) is 12.8. The van der Waals surface area contributed by atoms with Gasteiger partial charge in [-0.2, -0.15) is 0 Å². The maximum absolute atomic E-state index is 6.47. The second-order valence-electron chi connectivity index (χ2n) is 6.06. The molecule has 0 saturated carbocycles. The summed E-state index contributed by atoms with van der Waals surface area (Å²) in [6, 6.07) is 26.8. The van der Waals surface area contributed by atoms with Gasteiger partial charge in [0.15, 0.2) is 11.0 Å². The number of hydrogen-bond acceptors (Lipinski definition) is 3. The van der Waals surface area contributed by atoms with E-state index < -0.39 is 0 Å². The van der Waals surface area contributed by atoms with Gasteiger partial charge in [0.25, 0.3) is 0 Å². The van der Waals surface area contributed by atoms with Crippen LogP contribution in [-0.4, -0.2) is 9.97 Å². The standard InChI is InChI=1S/C22H13ClN2S/c23-21-20-19(17-8-4-5-9-18(17)26-20)24-22(25-21)16-12-10-15(11-13-16)14-6-2-1-3-7-14/h1-13H. The molecule has 0 spiro atoms. The SMILES string of the molecule is Clc1nc(-c2ccc(-c3ccccc3)cc2)nc2c1sc1ccccc12. The maximum Gasteiger partial charge on any atom is 0.161 e. The highest BCUT2D eigenvalue weighted by atomic mass is 35.5. The molecule has 0 bridgehead atoms. The van der Waals surface area contributed by atoms with E-state index in [1.807, 2.05) is 42.5 Å². The Labute approximate surface area is 159 Å². The molecule has 2 nitrogen and oxygen atoms in total. The van der Waals surface area contributed by atoms with Crippen LogP contribution in [0.25, 0.3) is 42.8 Å². The lowest BCUT2D eigenvalue weighted by atomic mass is 10.0. The monoisotopic (exact) mass is 372 g/mol. The minimum Gasteiger partial charge on any atom is -0.226 e. The first-order valence-corrected chi connectivity index (χ1v) is 9.50. The van der Waals surface area contributed by atoms with Gasteiger partial charge in [-0.05, 0) is 17.2 Å². The normalized spacial score (nSPS) is 11.3. The van der Waals surface area contributed by atoms with Gasteiger partial charge in [-0.3, -0.25) is 0 Å². The number of halogens is 1. The predicted molar refractivity (Wildman–Crippen MR) is 111 cm³/mol. The van der Waals surface area contributed by atoms with Crippen LogP contribution in [0.1, 0.15) is 0 Å². The zero-order valence-corrected chi connectivity index (χ0v) is 15.3. The second-order valence-corrected chi connectivity index (χ2v) is 7.47. The fourth-order valence-corrected chi connectivity index (χ4v) is 4.44. The van der Waals surface area contributed by atoms with E-state index in [0.29, 0.717) is 11.0 Å². The summed E-state index contributed by atoms with van der Waals surface area (Å²) in [5.41, 5.74) is 4.25. The summed E-state index contributed by atoms with van der Waals surface area (Å²) in [4.78, 5) is 9.35. The van der Waals surface area contributed by atoms with Crippen molar-refractivity contribution >= 4 is 43.2 Å². The van der Waals surface area contributed by atoms with Crippen molar-refractivity contribution in [3.05, 3.63) is 84.0 Å². The van der Waals surface area contributed by atoms with Gasteiger partial charge >= 0.3 is 0 Å². The molecule has 26 heavy (non-hydrogen) atoms. The molecule has 0 N–H and O–H groups in total. The van der Waals surface area contributed by atoms with Crippen molar-refractivity contribution in [3.8, 4) is 22.5 Å². The van der Waals surface area contributed by atoms with Crippen molar-refractivity contribution in [1.82, 2.24) is 9.97 Å². The average Bonchev–Trinajstić information content (AvgIpc) is 3.08. The summed E-state index contributed by atoms with van der Waals surface area (Å²) in [6.07, 6.45) is 0. The van der Waals surface area contributed by atoms with E-state index in [-0.39, 0.29) is 0 Å². The minimum atomic E-state index is 0.512. The maximum atomic E-state index is 6.47. The van der Waals surface area contributed by atoms with Gasteiger partial charge in [-0.15, -0.1) is 11.3 Å². The summed E-state index contributed by atoms with van der Waals surface area (Å²) in [6.45, 7) is 0. The third-order valence-corrected chi connectivity index (χ3v) is 5.98. The molecule has 0 unspecified atom stereocenters. The van der Waals surface area contributed by atoms with Crippen LogP contribution in [0, 0.1) is 0 Å². The van der Waals surface area contributed by atoms with Gasteiger partial charge in [0.1, 0.15) is 0 Å². The zero-order chi connectivity index (χ0) is 17.5. The number of aromatic nitrogens is 2. The van der Waals surface area contributed by atoms with Crippen LogP contribution in [0.2, 0.25) is 5.15 Å². The van der Waals surface area contributed by atoms with Crippen LogP contribution < -0.4 is 0 Å². The Morgan fingerprint density at radius 2 is 1.31 bits per heavy atom. The lowest BCUT2D eigenvalue weighted by molar-refractivity contribution is 1.24. The fourth-order valence-electron chi connectivity index (χ4n) is 3.13. The lowest BCUT2D eigenvalue weighted by Crippen LogP contribution is -1.90. The molecule has 0 amide bonds. The molecule has 0 atom stereocenters. The lowest BCUT2D eigenvalue weighted by Gasteiger charge is -2.05. The molecule has 4 heteroatoms. The Balaban J connectivity index is 1.63. The fraction of sp³-hybridized carbons (Fsp3) is 0. The van der Waals surface area contributed by atoms with Crippen molar-refractivity contribution in [2.45, 2.75) is 0 Å². The van der Waals surface area contributed by atoms with Crippen molar-refractivity contribution in [3.63, 3.8) is 0 Å². The average molecular weight is 373 g/mol. The van der Waals surface area contributed by atoms with E-state index in [4.69, 9.17) is 16.6 Å². The highest BCUT2D eigenvalue weighted by Crippen LogP contribution is 2.37. The smallest absolute Gasteiger partial charge is 0.161 e. The molecular formula is C22H13ClN2S. The van der Waals surface area contributed by atoms with E-state index >= 15 is 0 Å². The molecule has 5 aromatic rings. The minimum absolute atomic E-state index is 0.512. The third-order valence-electron chi connectivity index (χ3n) is 4.43. The largest absolute Gasteiger partial charge is 0.226 e. The summed E-state index contributed by atoms with van der Waals surface area (Å²) in [5, 5.41) is 1.64. The first kappa shape index (κ1) is 15.5. The van der Waals surface area contributed by atoms with Crippen LogP contribution in [-0.2, 0) is 0 Å². The van der Waals surface area contributed by atoms with Gasteiger partial charge in [0, 0.05) is 15.6 Å². The summed E-state index contributed by atoms with van der Waals surface area (Å²) in [7, 11) is 0. The van der Waals surface area contributed by atoms with Crippen molar-refractivity contribution in [1.29, 1.82) is 0 Å². The Hall–Kier alpha value is -2.75. The Morgan fingerprint density at radius 1 is 0.654 bits per heavy atom. The van der Waals surface area contributed by atoms with Gasteiger partial charge in [0.2, 0.25) is 0 Å².